The fraction of sp³-hybridized carbons (Fsp3) is 0.333. The highest BCUT2D eigenvalue weighted by atomic mass is 19.1. The summed E-state index contributed by atoms with van der Waals surface area (Å²) in [6.45, 7) is 2.04. The molecule has 0 radical (unpaired) electrons. The Kier molecular flexibility index (Phi) is 3.08. The highest BCUT2D eigenvalue weighted by Gasteiger charge is 2.29. The monoisotopic (exact) mass is 236 g/mol. The molecule has 1 fully saturated rings. The molecule has 1 aliphatic heterocycles. The summed E-state index contributed by atoms with van der Waals surface area (Å²) in [5.74, 6) is -0.599. The van der Waals surface area contributed by atoms with Crippen LogP contribution in [0.1, 0.15) is 12.5 Å². The van der Waals surface area contributed by atoms with E-state index in [0.717, 1.165) is 5.56 Å². The lowest BCUT2D eigenvalue weighted by Gasteiger charge is -2.30. The summed E-state index contributed by atoms with van der Waals surface area (Å²) in [4.78, 5) is 24.6. The zero-order valence-electron chi connectivity index (χ0n) is 9.44. The van der Waals surface area contributed by atoms with Gasteiger partial charge in [0.15, 0.2) is 0 Å². The number of hydrogen-bond acceptors (Lipinski definition) is 2. The average molecular weight is 236 g/mol. The molecule has 90 valence electrons. The number of amides is 2. The maximum absolute atomic E-state index is 12.7. The van der Waals surface area contributed by atoms with Gasteiger partial charge in [-0.25, -0.2) is 4.39 Å². The molecule has 2 amide bonds. The Hall–Kier alpha value is -1.91. The molecular formula is C12H13FN2O2. The Bertz CT molecular complexity index is 444. The van der Waals surface area contributed by atoms with Gasteiger partial charge in [0.2, 0.25) is 11.8 Å². The van der Waals surface area contributed by atoms with Crippen molar-refractivity contribution in [2.24, 2.45) is 0 Å². The molecule has 1 atom stereocenters. The van der Waals surface area contributed by atoms with Crippen LogP contribution in [-0.2, 0) is 16.1 Å². The van der Waals surface area contributed by atoms with Crippen LogP contribution in [0.5, 0.6) is 0 Å². The van der Waals surface area contributed by atoms with Crippen LogP contribution >= 0.6 is 0 Å². The summed E-state index contributed by atoms with van der Waals surface area (Å²) in [6, 6.07) is 5.41. The smallest absolute Gasteiger partial charge is 0.245 e. The van der Waals surface area contributed by atoms with Crippen molar-refractivity contribution in [1.29, 1.82) is 0 Å². The van der Waals surface area contributed by atoms with E-state index in [1.807, 2.05) is 0 Å². The SMILES string of the molecule is CC1NC(=O)CN(Cc2ccc(F)cc2)C1=O. The Morgan fingerprint density at radius 2 is 2.00 bits per heavy atom. The van der Waals surface area contributed by atoms with E-state index in [1.165, 1.54) is 17.0 Å². The predicted octanol–water partition coefficient (Wildman–Crippen LogP) is 0.673. The Balaban J connectivity index is 2.09. The Labute approximate surface area is 98.4 Å². The lowest BCUT2D eigenvalue weighted by Crippen LogP contribution is -2.56. The molecule has 1 aromatic carbocycles. The average Bonchev–Trinajstić information content (AvgIpc) is 2.28. The third kappa shape index (κ3) is 2.61. The first kappa shape index (κ1) is 11.6. The molecule has 0 spiro atoms. The normalized spacial score (nSPS) is 20.4. The molecule has 0 saturated carbocycles. The maximum atomic E-state index is 12.7. The van der Waals surface area contributed by atoms with Crippen LogP contribution in [0.3, 0.4) is 0 Å². The van der Waals surface area contributed by atoms with E-state index in [9.17, 15) is 14.0 Å². The van der Waals surface area contributed by atoms with Gasteiger partial charge in [0, 0.05) is 6.54 Å². The third-order valence-electron chi connectivity index (χ3n) is 2.68. The number of rotatable bonds is 2. The molecule has 0 aromatic heterocycles. The Morgan fingerprint density at radius 3 is 2.65 bits per heavy atom. The van der Waals surface area contributed by atoms with E-state index in [0.29, 0.717) is 6.54 Å². The molecule has 1 aliphatic rings. The number of piperazine rings is 1. The van der Waals surface area contributed by atoms with Gasteiger partial charge in [-0.1, -0.05) is 12.1 Å². The zero-order valence-corrected chi connectivity index (χ0v) is 9.44. The van der Waals surface area contributed by atoms with Gasteiger partial charge in [0.25, 0.3) is 0 Å². The van der Waals surface area contributed by atoms with Crippen LogP contribution in [0.15, 0.2) is 24.3 Å². The van der Waals surface area contributed by atoms with Gasteiger partial charge in [0.05, 0.1) is 6.54 Å². The van der Waals surface area contributed by atoms with E-state index >= 15 is 0 Å². The number of nitrogens with one attached hydrogen (secondary N) is 1. The molecule has 4 nitrogen and oxygen atoms in total. The summed E-state index contributed by atoms with van der Waals surface area (Å²) in [5, 5.41) is 2.56. The van der Waals surface area contributed by atoms with Crippen LogP contribution in [-0.4, -0.2) is 29.3 Å². The number of hydrogen-bond donors (Lipinski definition) is 1. The van der Waals surface area contributed by atoms with Crippen molar-refractivity contribution >= 4 is 11.8 Å². The number of halogens is 1. The second-order valence-corrected chi connectivity index (χ2v) is 4.11. The van der Waals surface area contributed by atoms with Crippen LogP contribution in [0, 0.1) is 5.82 Å². The van der Waals surface area contributed by atoms with Crippen molar-refractivity contribution in [2.75, 3.05) is 6.54 Å². The number of nitrogens with zero attached hydrogens (tertiary/aromatic N) is 1. The van der Waals surface area contributed by atoms with Crippen molar-refractivity contribution in [3.05, 3.63) is 35.6 Å². The van der Waals surface area contributed by atoms with Gasteiger partial charge < -0.3 is 10.2 Å². The van der Waals surface area contributed by atoms with Crippen LogP contribution in [0.4, 0.5) is 4.39 Å². The molecular weight excluding hydrogens is 223 g/mol. The topological polar surface area (TPSA) is 49.4 Å². The molecule has 0 aliphatic carbocycles. The number of carbonyl (C=O) groups excluding carboxylic acids is 2. The molecule has 2 rings (SSSR count). The lowest BCUT2D eigenvalue weighted by atomic mass is 10.1. The van der Waals surface area contributed by atoms with E-state index < -0.39 is 6.04 Å². The van der Waals surface area contributed by atoms with Crippen molar-refractivity contribution in [3.8, 4) is 0 Å². The molecule has 0 bridgehead atoms. The van der Waals surface area contributed by atoms with Crippen LogP contribution < -0.4 is 5.32 Å². The summed E-state index contributed by atoms with van der Waals surface area (Å²) in [7, 11) is 0. The minimum absolute atomic E-state index is 0.0561. The quantitative estimate of drug-likeness (QED) is 0.820. The molecule has 1 N–H and O–H groups in total. The number of carbonyl (C=O) groups is 2. The van der Waals surface area contributed by atoms with Gasteiger partial charge in [0.1, 0.15) is 11.9 Å². The van der Waals surface area contributed by atoms with Crippen molar-refractivity contribution < 1.29 is 14.0 Å². The van der Waals surface area contributed by atoms with Crippen molar-refractivity contribution in [2.45, 2.75) is 19.5 Å². The van der Waals surface area contributed by atoms with Crippen molar-refractivity contribution in [1.82, 2.24) is 10.2 Å². The van der Waals surface area contributed by atoms with Gasteiger partial charge in [-0.15, -0.1) is 0 Å². The molecule has 1 unspecified atom stereocenters. The highest BCUT2D eigenvalue weighted by Crippen LogP contribution is 2.10. The molecule has 17 heavy (non-hydrogen) atoms. The van der Waals surface area contributed by atoms with E-state index in [4.69, 9.17) is 0 Å². The largest absolute Gasteiger partial charge is 0.343 e. The fourth-order valence-electron chi connectivity index (χ4n) is 1.82. The summed E-state index contributed by atoms with van der Waals surface area (Å²) in [5.41, 5.74) is 0.807. The first-order chi connectivity index (χ1) is 8.06. The first-order valence-electron chi connectivity index (χ1n) is 5.39. The molecule has 1 saturated heterocycles. The van der Waals surface area contributed by atoms with Gasteiger partial charge in [-0.05, 0) is 24.6 Å². The fourth-order valence-corrected chi connectivity index (χ4v) is 1.82. The maximum Gasteiger partial charge on any atom is 0.245 e. The molecule has 5 heteroatoms. The van der Waals surface area contributed by atoms with Gasteiger partial charge in [-0.3, -0.25) is 9.59 Å². The van der Waals surface area contributed by atoms with Crippen LogP contribution in [0.2, 0.25) is 0 Å². The van der Waals surface area contributed by atoms with Gasteiger partial charge >= 0.3 is 0 Å². The molecule has 1 heterocycles. The van der Waals surface area contributed by atoms with E-state index in [2.05, 4.69) is 5.32 Å². The zero-order chi connectivity index (χ0) is 12.4. The lowest BCUT2D eigenvalue weighted by molar-refractivity contribution is -0.144. The summed E-state index contributed by atoms with van der Waals surface area (Å²) >= 11 is 0. The highest BCUT2D eigenvalue weighted by molar-refractivity contribution is 5.94. The Morgan fingerprint density at radius 1 is 1.35 bits per heavy atom. The molecule has 1 aromatic rings. The number of benzene rings is 1. The minimum Gasteiger partial charge on any atom is -0.343 e. The van der Waals surface area contributed by atoms with E-state index in [1.54, 1.807) is 19.1 Å². The standard InChI is InChI=1S/C12H13FN2O2/c1-8-12(17)15(7-11(16)14-8)6-9-2-4-10(13)5-3-9/h2-5,8H,6-7H2,1H3,(H,14,16). The summed E-state index contributed by atoms with van der Waals surface area (Å²) < 4.78 is 12.7. The van der Waals surface area contributed by atoms with Crippen LogP contribution in [0.25, 0.3) is 0 Å². The van der Waals surface area contributed by atoms with E-state index in [-0.39, 0.29) is 24.2 Å². The van der Waals surface area contributed by atoms with Gasteiger partial charge in [-0.2, -0.15) is 0 Å². The van der Waals surface area contributed by atoms with Crippen molar-refractivity contribution in [3.63, 3.8) is 0 Å². The minimum atomic E-state index is -0.489. The third-order valence-corrected chi connectivity index (χ3v) is 2.68. The second-order valence-electron chi connectivity index (χ2n) is 4.11. The second kappa shape index (κ2) is 4.53. The predicted molar refractivity (Wildman–Crippen MR) is 59.4 cm³/mol. The first-order valence-corrected chi connectivity index (χ1v) is 5.39. The summed E-state index contributed by atoms with van der Waals surface area (Å²) in [6.07, 6.45) is 0.